The molecule has 0 fully saturated rings. The quantitative estimate of drug-likeness (QED) is 0.111. The van der Waals surface area contributed by atoms with Gasteiger partial charge in [0.25, 0.3) is 0 Å². The van der Waals surface area contributed by atoms with E-state index in [1.165, 1.54) is 82.0 Å². The van der Waals surface area contributed by atoms with Gasteiger partial charge in [0.2, 0.25) is 0 Å². The number of hydrogen-bond donors (Lipinski definition) is 0. The summed E-state index contributed by atoms with van der Waals surface area (Å²) in [4.78, 5) is 10.7. The van der Waals surface area contributed by atoms with Crippen molar-refractivity contribution in [3.05, 3.63) is 72.8 Å². The van der Waals surface area contributed by atoms with E-state index in [4.69, 9.17) is 19.4 Å². The number of aromatic nitrogens is 2. The van der Waals surface area contributed by atoms with E-state index in [0.29, 0.717) is 13.2 Å². The van der Waals surface area contributed by atoms with Crippen LogP contribution in [0.25, 0.3) is 65.9 Å². The standard InChI is InChI=1S/C38H38N2O2/c1-3-5-7-13-19-41-32-23-30-31(24-33(32)42-20-14-8-6-4-2)40-38-36-29-18-12-10-16-26(29)22-27-21-25-15-9-11-17-28(25)35(34(27)36)37(38)39-30/h9-12,15-18,21-24H,3-8,13-14,19-20H2,1-2H3. The lowest BCUT2D eigenvalue weighted by Gasteiger charge is -2.15. The van der Waals surface area contributed by atoms with Crippen LogP contribution >= 0.6 is 0 Å². The van der Waals surface area contributed by atoms with Crippen molar-refractivity contribution in [3.63, 3.8) is 0 Å². The summed E-state index contributed by atoms with van der Waals surface area (Å²) in [7, 11) is 0. The van der Waals surface area contributed by atoms with Crippen LogP contribution < -0.4 is 9.47 Å². The van der Waals surface area contributed by atoms with Crippen LogP contribution in [0, 0.1) is 0 Å². The second-order valence-corrected chi connectivity index (χ2v) is 11.6. The highest BCUT2D eigenvalue weighted by Crippen LogP contribution is 2.52. The van der Waals surface area contributed by atoms with E-state index in [2.05, 4.69) is 74.5 Å². The van der Waals surface area contributed by atoms with Gasteiger partial charge in [-0.25, -0.2) is 9.97 Å². The van der Waals surface area contributed by atoms with Crippen LogP contribution in [0.4, 0.5) is 0 Å². The minimum Gasteiger partial charge on any atom is -0.490 e. The molecule has 0 bridgehead atoms. The first kappa shape index (κ1) is 26.7. The second kappa shape index (κ2) is 11.6. The monoisotopic (exact) mass is 554 g/mol. The molecule has 0 aliphatic heterocycles. The number of ether oxygens (including phenoxy) is 2. The van der Waals surface area contributed by atoms with Crippen molar-refractivity contribution in [1.29, 1.82) is 0 Å². The van der Waals surface area contributed by atoms with Crippen LogP contribution in [-0.2, 0) is 0 Å². The normalized spacial score (nSPS) is 12.0. The molecule has 0 saturated carbocycles. The van der Waals surface area contributed by atoms with Gasteiger partial charge in [0.1, 0.15) is 0 Å². The van der Waals surface area contributed by atoms with Gasteiger partial charge in [0.15, 0.2) is 11.5 Å². The molecule has 4 nitrogen and oxygen atoms in total. The van der Waals surface area contributed by atoms with E-state index in [1.54, 1.807) is 0 Å². The summed E-state index contributed by atoms with van der Waals surface area (Å²) in [6, 6.07) is 26.0. The predicted molar refractivity (Wildman–Crippen MR) is 176 cm³/mol. The van der Waals surface area contributed by atoms with Gasteiger partial charge in [-0.1, -0.05) is 101 Å². The van der Waals surface area contributed by atoms with Crippen LogP contribution in [-0.4, -0.2) is 23.2 Å². The fraction of sp³-hybridized carbons (Fsp3) is 0.316. The first-order valence-electron chi connectivity index (χ1n) is 15.8. The van der Waals surface area contributed by atoms with Gasteiger partial charge in [-0.2, -0.15) is 0 Å². The molecule has 0 amide bonds. The Labute approximate surface area is 247 Å². The maximum atomic E-state index is 6.34. The maximum absolute atomic E-state index is 6.34. The molecule has 7 rings (SSSR count). The van der Waals surface area contributed by atoms with Crippen LogP contribution in [0.3, 0.4) is 0 Å². The molecular weight excluding hydrogens is 516 g/mol. The lowest BCUT2D eigenvalue weighted by molar-refractivity contribution is 0.259. The van der Waals surface area contributed by atoms with E-state index in [9.17, 15) is 0 Å². The third kappa shape index (κ3) is 4.73. The maximum Gasteiger partial charge on any atom is 0.163 e. The van der Waals surface area contributed by atoms with Gasteiger partial charge < -0.3 is 9.47 Å². The minimum absolute atomic E-state index is 0.678. The van der Waals surface area contributed by atoms with Crippen LogP contribution in [0.2, 0.25) is 0 Å². The molecule has 6 aromatic rings. The molecule has 0 saturated heterocycles. The largest absolute Gasteiger partial charge is 0.490 e. The number of hydrogen-bond acceptors (Lipinski definition) is 4. The van der Waals surface area contributed by atoms with Gasteiger partial charge in [-0.15, -0.1) is 0 Å². The summed E-state index contributed by atoms with van der Waals surface area (Å²) in [6.45, 7) is 5.82. The number of unbranched alkanes of at least 4 members (excludes halogenated alkanes) is 6. The molecule has 1 aliphatic carbocycles. The highest BCUT2D eigenvalue weighted by atomic mass is 16.5. The summed E-state index contributed by atoms with van der Waals surface area (Å²) in [5.41, 5.74) is 5.97. The van der Waals surface area contributed by atoms with Crippen molar-refractivity contribution < 1.29 is 9.47 Å². The number of fused-ring (bicyclic) bond motifs is 8. The zero-order valence-electron chi connectivity index (χ0n) is 24.7. The van der Waals surface area contributed by atoms with Crippen molar-refractivity contribution in [3.8, 4) is 34.0 Å². The molecule has 0 N–H and O–H groups in total. The van der Waals surface area contributed by atoms with Crippen molar-refractivity contribution in [2.45, 2.75) is 65.2 Å². The highest BCUT2D eigenvalue weighted by molar-refractivity contribution is 6.28. The molecule has 4 heteroatoms. The zero-order chi connectivity index (χ0) is 28.5. The van der Waals surface area contributed by atoms with Crippen molar-refractivity contribution in [1.82, 2.24) is 9.97 Å². The Morgan fingerprint density at radius 1 is 0.524 bits per heavy atom. The van der Waals surface area contributed by atoms with E-state index >= 15 is 0 Å². The lowest BCUT2D eigenvalue weighted by Crippen LogP contribution is -2.04. The molecule has 212 valence electrons. The first-order chi connectivity index (χ1) is 20.8. The van der Waals surface area contributed by atoms with E-state index in [-0.39, 0.29) is 0 Å². The van der Waals surface area contributed by atoms with Crippen molar-refractivity contribution in [2.24, 2.45) is 0 Å². The predicted octanol–water partition coefficient (Wildman–Crippen LogP) is 10.7. The molecule has 1 heterocycles. The molecule has 42 heavy (non-hydrogen) atoms. The molecule has 0 unspecified atom stereocenters. The molecule has 0 atom stereocenters. The molecule has 1 aromatic heterocycles. The summed E-state index contributed by atoms with van der Waals surface area (Å²) >= 11 is 0. The zero-order valence-corrected chi connectivity index (χ0v) is 24.7. The first-order valence-corrected chi connectivity index (χ1v) is 15.8. The Morgan fingerprint density at radius 2 is 1.00 bits per heavy atom. The van der Waals surface area contributed by atoms with Gasteiger partial charge in [-0.05, 0) is 51.9 Å². The summed E-state index contributed by atoms with van der Waals surface area (Å²) < 4.78 is 12.7. The lowest BCUT2D eigenvalue weighted by atomic mass is 9.94. The van der Waals surface area contributed by atoms with E-state index < -0.39 is 0 Å². The average Bonchev–Trinajstić information content (AvgIpc) is 3.35. The van der Waals surface area contributed by atoms with Crippen molar-refractivity contribution in [2.75, 3.05) is 13.2 Å². The number of rotatable bonds is 12. The topological polar surface area (TPSA) is 44.2 Å². The Bertz CT molecular complexity index is 1790. The molecular formula is C38H38N2O2. The molecule has 0 spiro atoms. The number of nitrogens with zero attached hydrogens (tertiary/aromatic N) is 2. The molecule has 0 radical (unpaired) electrons. The fourth-order valence-electron chi connectivity index (χ4n) is 6.46. The van der Waals surface area contributed by atoms with Crippen molar-refractivity contribution >= 4 is 43.4 Å². The van der Waals surface area contributed by atoms with E-state index in [0.717, 1.165) is 46.8 Å². The van der Waals surface area contributed by atoms with Gasteiger partial charge in [-0.3, -0.25) is 0 Å². The van der Waals surface area contributed by atoms with Crippen LogP contribution in [0.1, 0.15) is 65.2 Å². The Balaban J connectivity index is 1.39. The Hall–Kier alpha value is -4.18. The van der Waals surface area contributed by atoms with Gasteiger partial charge in [0.05, 0.1) is 35.6 Å². The summed E-state index contributed by atoms with van der Waals surface area (Å²) in [5.74, 6) is 1.54. The highest BCUT2D eigenvalue weighted by Gasteiger charge is 2.29. The van der Waals surface area contributed by atoms with Gasteiger partial charge >= 0.3 is 0 Å². The summed E-state index contributed by atoms with van der Waals surface area (Å²) in [6.07, 6.45) is 9.30. The average molecular weight is 555 g/mol. The van der Waals surface area contributed by atoms with Crippen LogP contribution in [0.5, 0.6) is 11.5 Å². The third-order valence-electron chi connectivity index (χ3n) is 8.59. The van der Waals surface area contributed by atoms with Crippen LogP contribution in [0.15, 0.2) is 72.8 Å². The number of benzene rings is 5. The Morgan fingerprint density at radius 3 is 1.48 bits per heavy atom. The third-order valence-corrected chi connectivity index (χ3v) is 8.59. The summed E-state index contributed by atoms with van der Waals surface area (Å²) in [5, 5.41) is 7.35. The Kier molecular flexibility index (Phi) is 7.37. The van der Waals surface area contributed by atoms with E-state index in [1.807, 2.05) is 12.1 Å². The minimum atomic E-state index is 0.678. The molecule has 5 aromatic carbocycles. The van der Waals surface area contributed by atoms with Gasteiger partial charge in [0, 0.05) is 28.6 Å². The second-order valence-electron chi connectivity index (χ2n) is 11.6. The smallest absolute Gasteiger partial charge is 0.163 e. The SMILES string of the molecule is CCCCCCOc1cc2nc3c(nc2cc1OCCCCCC)-c1c2ccccc2cc2cc4ccccc4c-3c12. The fourth-order valence-corrected chi connectivity index (χ4v) is 6.46. The molecule has 1 aliphatic rings.